The molecule has 1 aromatic rings. The summed E-state index contributed by atoms with van der Waals surface area (Å²) < 4.78 is 6.14. The van der Waals surface area contributed by atoms with Crippen LogP contribution in [-0.4, -0.2) is 54.0 Å². The van der Waals surface area contributed by atoms with Crippen molar-refractivity contribution in [3.63, 3.8) is 0 Å². The predicted octanol–water partition coefficient (Wildman–Crippen LogP) is 3.94. The smallest absolute Gasteiger partial charge is 0.319 e. The van der Waals surface area contributed by atoms with Crippen LogP contribution in [0.3, 0.4) is 0 Å². The summed E-state index contributed by atoms with van der Waals surface area (Å²) >= 11 is 0. The molecule has 1 N–H and O–H groups in total. The Labute approximate surface area is 179 Å². The van der Waals surface area contributed by atoms with Gasteiger partial charge in [-0.3, -0.25) is 4.79 Å². The van der Waals surface area contributed by atoms with E-state index in [2.05, 4.69) is 5.32 Å². The minimum absolute atomic E-state index is 0.00528. The predicted molar refractivity (Wildman–Crippen MR) is 116 cm³/mol. The summed E-state index contributed by atoms with van der Waals surface area (Å²) in [5, 5.41) is 3.09. The summed E-state index contributed by atoms with van der Waals surface area (Å²) in [6.45, 7) is 3.63. The van der Waals surface area contributed by atoms with Crippen LogP contribution >= 0.6 is 0 Å². The van der Waals surface area contributed by atoms with Gasteiger partial charge >= 0.3 is 6.03 Å². The molecule has 6 heteroatoms. The average Bonchev–Trinajstić information content (AvgIpc) is 3.33. The zero-order valence-electron chi connectivity index (χ0n) is 18.0. The minimum atomic E-state index is -0.00528. The number of amides is 3. The molecule has 3 aliphatic rings. The van der Waals surface area contributed by atoms with Crippen molar-refractivity contribution < 1.29 is 14.3 Å². The number of hydrogen-bond acceptors (Lipinski definition) is 3. The van der Waals surface area contributed by atoms with Crippen LogP contribution in [0.4, 0.5) is 4.79 Å². The van der Waals surface area contributed by atoms with Crippen LogP contribution in [0.5, 0.6) is 5.75 Å². The van der Waals surface area contributed by atoms with Crippen LogP contribution < -0.4 is 10.1 Å². The fraction of sp³-hybridized carbons (Fsp3) is 0.667. The summed E-state index contributed by atoms with van der Waals surface area (Å²) in [6.07, 6.45) is 10.1. The first-order valence-electron chi connectivity index (χ1n) is 11.8. The number of benzene rings is 1. The van der Waals surface area contributed by atoms with Gasteiger partial charge in [0, 0.05) is 38.6 Å². The first-order chi connectivity index (χ1) is 14.7. The molecule has 0 bridgehead atoms. The van der Waals surface area contributed by atoms with Gasteiger partial charge in [-0.05, 0) is 69.1 Å². The first kappa shape index (κ1) is 21.0. The van der Waals surface area contributed by atoms with Crippen LogP contribution in [0.1, 0.15) is 63.4 Å². The highest BCUT2D eigenvalue weighted by Crippen LogP contribution is 2.24. The molecule has 4 rings (SSSR count). The lowest BCUT2D eigenvalue weighted by Crippen LogP contribution is -2.47. The van der Waals surface area contributed by atoms with Crippen LogP contribution in [0.15, 0.2) is 24.3 Å². The van der Waals surface area contributed by atoms with Gasteiger partial charge in [-0.25, -0.2) is 4.79 Å². The quantitative estimate of drug-likeness (QED) is 0.795. The number of nitrogens with one attached hydrogen (secondary N) is 1. The van der Waals surface area contributed by atoms with Crippen molar-refractivity contribution >= 4 is 11.9 Å². The molecule has 0 spiro atoms. The Hall–Kier alpha value is -2.24. The van der Waals surface area contributed by atoms with Crippen molar-refractivity contribution in [3.8, 4) is 5.75 Å². The molecule has 2 saturated heterocycles. The molecule has 2 heterocycles. The normalized spacial score (nSPS) is 20.9. The number of rotatable bonds is 5. The largest absolute Gasteiger partial charge is 0.490 e. The van der Waals surface area contributed by atoms with E-state index >= 15 is 0 Å². The van der Waals surface area contributed by atoms with Crippen LogP contribution in [0.2, 0.25) is 0 Å². The van der Waals surface area contributed by atoms with Crippen molar-refractivity contribution in [2.75, 3.05) is 26.2 Å². The van der Waals surface area contributed by atoms with Gasteiger partial charge in [0.05, 0.1) is 6.10 Å². The second-order valence-corrected chi connectivity index (χ2v) is 8.98. The van der Waals surface area contributed by atoms with Gasteiger partial charge in [-0.15, -0.1) is 0 Å². The standard InChI is InChI=1S/C24H35N3O3/c28-23(20-11-15-27(16-12-20)24(29)26-13-4-5-14-26)25-18-19-7-6-10-22(17-19)30-21-8-2-1-3-9-21/h6-7,10,17,20-21H,1-5,8-9,11-16,18H2,(H,25,28). The van der Waals surface area contributed by atoms with Crippen LogP contribution in [0, 0.1) is 5.92 Å². The molecular formula is C24H35N3O3. The second kappa shape index (κ2) is 10.2. The molecule has 2 aliphatic heterocycles. The van der Waals surface area contributed by atoms with Crippen molar-refractivity contribution in [3.05, 3.63) is 29.8 Å². The Kier molecular flexibility index (Phi) is 7.13. The molecule has 6 nitrogen and oxygen atoms in total. The molecule has 1 saturated carbocycles. The van der Waals surface area contributed by atoms with E-state index in [9.17, 15) is 9.59 Å². The van der Waals surface area contributed by atoms with Crippen molar-refractivity contribution in [1.29, 1.82) is 0 Å². The molecular weight excluding hydrogens is 378 g/mol. The van der Waals surface area contributed by atoms with E-state index in [1.165, 1.54) is 19.3 Å². The van der Waals surface area contributed by atoms with Crippen LogP contribution in [-0.2, 0) is 11.3 Å². The summed E-state index contributed by atoms with van der Waals surface area (Å²) in [5.41, 5.74) is 1.07. The number of nitrogens with zero attached hydrogens (tertiary/aromatic N) is 2. The maximum atomic E-state index is 12.6. The number of piperidine rings is 1. The Balaban J connectivity index is 1.21. The maximum absolute atomic E-state index is 12.6. The molecule has 30 heavy (non-hydrogen) atoms. The zero-order chi connectivity index (χ0) is 20.8. The lowest BCUT2D eigenvalue weighted by molar-refractivity contribution is -0.126. The highest BCUT2D eigenvalue weighted by Gasteiger charge is 2.30. The third-order valence-corrected chi connectivity index (χ3v) is 6.73. The van der Waals surface area contributed by atoms with Crippen LogP contribution in [0.25, 0.3) is 0 Å². The summed E-state index contributed by atoms with van der Waals surface area (Å²) in [7, 11) is 0. The van der Waals surface area contributed by atoms with E-state index in [-0.39, 0.29) is 17.9 Å². The lowest BCUT2D eigenvalue weighted by Gasteiger charge is -2.34. The maximum Gasteiger partial charge on any atom is 0.319 e. The van der Waals surface area contributed by atoms with E-state index < -0.39 is 0 Å². The molecule has 164 valence electrons. The minimum Gasteiger partial charge on any atom is -0.490 e. The SMILES string of the molecule is O=C(NCc1cccc(OC2CCCCC2)c1)C1CCN(C(=O)N2CCCC2)CC1. The number of hydrogen-bond donors (Lipinski definition) is 1. The van der Waals surface area contributed by atoms with Gasteiger partial charge in [0.25, 0.3) is 0 Å². The van der Waals surface area contributed by atoms with E-state index in [0.29, 0.717) is 25.7 Å². The van der Waals surface area contributed by atoms with Crippen molar-refractivity contribution in [2.45, 2.75) is 70.4 Å². The van der Waals surface area contributed by atoms with Gasteiger partial charge in [-0.1, -0.05) is 18.6 Å². The molecule has 1 aromatic carbocycles. The third-order valence-electron chi connectivity index (χ3n) is 6.73. The monoisotopic (exact) mass is 413 g/mol. The summed E-state index contributed by atoms with van der Waals surface area (Å²) in [6, 6.07) is 8.24. The summed E-state index contributed by atoms with van der Waals surface area (Å²) in [4.78, 5) is 29.0. The van der Waals surface area contributed by atoms with E-state index in [4.69, 9.17) is 4.74 Å². The molecule has 1 aliphatic carbocycles. The molecule has 0 atom stereocenters. The van der Waals surface area contributed by atoms with Gasteiger partial charge < -0.3 is 19.9 Å². The highest BCUT2D eigenvalue weighted by atomic mass is 16.5. The highest BCUT2D eigenvalue weighted by molar-refractivity contribution is 5.79. The van der Waals surface area contributed by atoms with Crippen molar-refractivity contribution in [2.24, 2.45) is 5.92 Å². The molecule has 0 unspecified atom stereocenters. The Morgan fingerprint density at radius 3 is 2.33 bits per heavy atom. The number of urea groups is 1. The number of carbonyl (C=O) groups excluding carboxylic acids is 2. The van der Waals surface area contributed by atoms with Gasteiger partial charge in [0.2, 0.25) is 5.91 Å². The van der Waals surface area contributed by atoms with Gasteiger partial charge in [0.15, 0.2) is 0 Å². The topological polar surface area (TPSA) is 61.9 Å². The number of likely N-dealkylation sites (tertiary alicyclic amines) is 2. The first-order valence-corrected chi connectivity index (χ1v) is 11.8. The summed E-state index contributed by atoms with van der Waals surface area (Å²) in [5.74, 6) is 0.999. The Morgan fingerprint density at radius 2 is 1.60 bits per heavy atom. The zero-order valence-corrected chi connectivity index (χ0v) is 18.0. The van der Waals surface area contributed by atoms with Gasteiger partial charge in [-0.2, -0.15) is 0 Å². The number of ether oxygens (including phenoxy) is 1. The average molecular weight is 414 g/mol. The molecule has 0 radical (unpaired) electrons. The Morgan fingerprint density at radius 1 is 0.900 bits per heavy atom. The number of carbonyl (C=O) groups is 2. The lowest BCUT2D eigenvalue weighted by atomic mass is 9.96. The van der Waals surface area contributed by atoms with E-state index in [1.54, 1.807) is 0 Å². The van der Waals surface area contributed by atoms with Gasteiger partial charge in [0.1, 0.15) is 5.75 Å². The molecule has 3 amide bonds. The fourth-order valence-electron chi connectivity index (χ4n) is 4.88. The van der Waals surface area contributed by atoms with E-state index in [0.717, 1.165) is 62.9 Å². The second-order valence-electron chi connectivity index (χ2n) is 8.98. The Bertz CT molecular complexity index is 718. The third kappa shape index (κ3) is 5.46. The fourth-order valence-corrected chi connectivity index (χ4v) is 4.88. The van der Waals surface area contributed by atoms with E-state index in [1.807, 2.05) is 34.1 Å². The molecule has 3 fully saturated rings. The van der Waals surface area contributed by atoms with Crippen molar-refractivity contribution in [1.82, 2.24) is 15.1 Å². The molecule has 0 aromatic heterocycles.